The SMILES string of the molecule is CC1C(C(=O)O)CCN1C(=O)C=Cc1ccc(Br)s1. The molecule has 1 aliphatic rings. The molecule has 6 heteroatoms. The maximum Gasteiger partial charge on any atom is 0.308 e. The number of aliphatic carboxylic acids is 1. The summed E-state index contributed by atoms with van der Waals surface area (Å²) >= 11 is 4.91. The molecule has 1 aliphatic heterocycles. The molecule has 1 N–H and O–H groups in total. The molecule has 2 unspecified atom stereocenters. The number of halogens is 1. The van der Waals surface area contributed by atoms with E-state index in [9.17, 15) is 9.59 Å². The van der Waals surface area contributed by atoms with Gasteiger partial charge in [0.1, 0.15) is 0 Å². The third kappa shape index (κ3) is 3.25. The van der Waals surface area contributed by atoms with Crippen molar-refractivity contribution in [1.82, 2.24) is 4.90 Å². The van der Waals surface area contributed by atoms with Crippen LogP contribution in [-0.2, 0) is 9.59 Å². The van der Waals surface area contributed by atoms with E-state index in [1.54, 1.807) is 29.2 Å². The van der Waals surface area contributed by atoms with Crippen molar-refractivity contribution in [1.29, 1.82) is 0 Å². The molecule has 1 aromatic rings. The number of carbonyl (C=O) groups is 2. The van der Waals surface area contributed by atoms with Crippen molar-refractivity contribution in [2.45, 2.75) is 19.4 Å². The second-order valence-corrected chi connectivity index (χ2v) is 6.98. The van der Waals surface area contributed by atoms with Crippen molar-refractivity contribution in [3.05, 3.63) is 26.9 Å². The third-order valence-corrected chi connectivity index (χ3v) is 4.93. The third-order valence-electron chi connectivity index (χ3n) is 3.34. The van der Waals surface area contributed by atoms with Crippen LogP contribution in [0.4, 0.5) is 0 Å². The van der Waals surface area contributed by atoms with E-state index < -0.39 is 11.9 Å². The Hall–Kier alpha value is -1.14. The van der Waals surface area contributed by atoms with E-state index in [2.05, 4.69) is 15.9 Å². The van der Waals surface area contributed by atoms with Crippen molar-refractivity contribution in [2.24, 2.45) is 5.92 Å². The van der Waals surface area contributed by atoms with Crippen LogP contribution >= 0.6 is 27.3 Å². The summed E-state index contributed by atoms with van der Waals surface area (Å²) in [5, 5.41) is 9.03. The minimum atomic E-state index is -0.825. The van der Waals surface area contributed by atoms with E-state index in [1.165, 1.54) is 6.08 Å². The van der Waals surface area contributed by atoms with Crippen molar-refractivity contribution in [3.8, 4) is 0 Å². The van der Waals surface area contributed by atoms with Gasteiger partial charge in [-0.25, -0.2) is 0 Å². The van der Waals surface area contributed by atoms with Crippen LogP contribution < -0.4 is 0 Å². The van der Waals surface area contributed by atoms with E-state index in [-0.39, 0.29) is 11.9 Å². The van der Waals surface area contributed by atoms with Gasteiger partial charge in [0.25, 0.3) is 0 Å². The van der Waals surface area contributed by atoms with Gasteiger partial charge in [0.2, 0.25) is 5.91 Å². The number of rotatable bonds is 3. The minimum Gasteiger partial charge on any atom is -0.481 e. The number of hydrogen-bond donors (Lipinski definition) is 1. The fourth-order valence-electron chi connectivity index (χ4n) is 2.25. The van der Waals surface area contributed by atoms with Gasteiger partial charge >= 0.3 is 5.97 Å². The van der Waals surface area contributed by atoms with Crippen LogP contribution in [-0.4, -0.2) is 34.5 Å². The lowest BCUT2D eigenvalue weighted by Crippen LogP contribution is -2.36. The van der Waals surface area contributed by atoms with Crippen LogP contribution in [0.3, 0.4) is 0 Å². The Kier molecular flexibility index (Phi) is 4.42. The molecule has 1 saturated heterocycles. The molecule has 0 aromatic carbocycles. The number of amides is 1. The van der Waals surface area contributed by atoms with Crippen LogP contribution in [0.15, 0.2) is 22.0 Å². The normalized spacial score (nSPS) is 23.2. The van der Waals surface area contributed by atoms with Gasteiger partial charge in [-0.3, -0.25) is 9.59 Å². The fourth-order valence-corrected chi connectivity index (χ4v) is 3.57. The van der Waals surface area contributed by atoms with Gasteiger partial charge in [0.05, 0.1) is 9.70 Å². The van der Waals surface area contributed by atoms with Gasteiger partial charge in [-0.05, 0) is 47.5 Å². The molecule has 0 bridgehead atoms. The second kappa shape index (κ2) is 5.88. The van der Waals surface area contributed by atoms with Crippen molar-refractivity contribution in [2.75, 3.05) is 6.54 Å². The van der Waals surface area contributed by atoms with Gasteiger partial charge in [-0.15, -0.1) is 11.3 Å². The Labute approximate surface area is 123 Å². The number of thiophene rings is 1. The van der Waals surface area contributed by atoms with Gasteiger partial charge < -0.3 is 10.0 Å². The molecule has 1 fully saturated rings. The molecular weight excluding hydrogens is 330 g/mol. The Bertz CT molecular complexity index is 526. The maximum atomic E-state index is 12.0. The average Bonchev–Trinajstić information content (AvgIpc) is 2.92. The number of carboxylic acid groups (broad SMARTS) is 1. The summed E-state index contributed by atoms with van der Waals surface area (Å²) in [6, 6.07) is 3.60. The lowest BCUT2D eigenvalue weighted by Gasteiger charge is -2.21. The van der Waals surface area contributed by atoms with Crippen molar-refractivity contribution in [3.63, 3.8) is 0 Å². The zero-order chi connectivity index (χ0) is 14.0. The Balaban J connectivity index is 2.01. The molecule has 2 atom stereocenters. The van der Waals surface area contributed by atoms with Gasteiger partial charge in [0.15, 0.2) is 0 Å². The molecule has 0 aliphatic carbocycles. The Morgan fingerprint density at radius 1 is 1.53 bits per heavy atom. The van der Waals surface area contributed by atoms with Crippen LogP contribution in [0.25, 0.3) is 6.08 Å². The van der Waals surface area contributed by atoms with E-state index >= 15 is 0 Å². The first-order valence-electron chi connectivity index (χ1n) is 5.96. The van der Waals surface area contributed by atoms with Crippen LogP contribution in [0.2, 0.25) is 0 Å². The number of hydrogen-bond acceptors (Lipinski definition) is 3. The summed E-state index contributed by atoms with van der Waals surface area (Å²) in [5.74, 6) is -1.40. The largest absolute Gasteiger partial charge is 0.481 e. The number of carbonyl (C=O) groups excluding carboxylic acids is 1. The standard InChI is InChI=1S/C13H14BrNO3S/c1-8-10(13(17)18)6-7-15(8)12(16)5-3-9-2-4-11(14)19-9/h2-5,8,10H,6-7H2,1H3,(H,17,18). The molecule has 2 rings (SSSR count). The first-order chi connectivity index (χ1) is 8.99. The Morgan fingerprint density at radius 3 is 2.79 bits per heavy atom. The highest BCUT2D eigenvalue weighted by Crippen LogP contribution is 2.26. The first-order valence-corrected chi connectivity index (χ1v) is 7.57. The molecule has 19 heavy (non-hydrogen) atoms. The topological polar surface area (TPSA) is 57.6 Å². The number of nitrogens with zero attached hydrogens (tertiary/aromatic N) is 1. The number of carboxylic acids is 1. The fraction of sp³-hybridized carbons (Fsp3) is 0.385. The molecule has 4 nitrogen and oxygen atoms in total. The second-order valence-electron chi connectivity index (χ2n) is 4.48. The summed E-state index contributed by atoms with van der Waals surface area (Å²) in [4.78, 5) is 25.7. The zero-order valence-electron chi connectivity index (χ0n) is 10.4. The van der Waals surface area contributed by atoms with Gasteiger partial charge in [-0.2, -0.15) is 0 Å². The quantitative estimate of drug-likeness (QED) is 0.858. The molecule has 1 amide bonds. The van der Waals surface area contributed by atoms with E-state index in [1.807, 2.05) is 12.1 Å². The summed E-state index contributed by atoms with van der Waals surface area (Å²) < 4.78 is 1.01. The van der Waals surface area contributed by atoms with Gasteiger partial charge in [-0.1, -0.05) is 0 Å². The maximum absolute atomic E-state index is 12.0. The summed E-state index contributed by atoms with van der Waals surface area (Å²) in [5.41, 5.74) is 0. The summed E-state index contributed by atoms with van der Waals surface area (Å²) in [7, 11) is 0. The average molecular weight is 344 g/mol. The monoisotopic (exact) mass is 343 g/mol. The minimum absolute atomic E-state index is 0.124. The molecule has 0 spiro atoms. The molecular formula is C13H14BrNO3S. The molecule has 1 aromatic heterocycles. The molecule has 2 heterocycles. The van der Waals surface area contributed by atoms with Crippen molar-refractivity contribution >= 4 is 45.2 Å². The highest BCUT2D eigenvalue weighted by Gasteiger charge is 2.37. The first kappa shape index (κ1) is 14.3. The van der Waals surface area contributed by atoms with Crippen LogP contribution in [0.1, 0.15) is 18.2 Å². The number of likely N-dealkylation sites (tertiary alicyclic amines) is 1. The van der Waals surface area contributed by atoms with E-state index in [0.717, 1.165) is 8.66 Å². The van der Waals surface area contributed by atoms with E-state index in [4.69, 9.17) is 5.11 Å². The lowest BCUT2D eigenvalue weighted by molar-refractivity contribution is -0.142. The predicted octanol–water partition coefficient (Wildman–Crippen LogP) is 2.85. The van der Waals surface area contributed by atoms with Gasteiger partial charge in [0, 0.05) is 23.5 Å². The van der Waals surface area contributed by atoms with Crippen molar-refractivity contribution < 1.29 is 14.7 Å². The van der Waals surface area contributed by atoms with Crippen LogP contribution in [0.5, 0.6) is 0 Å². The highest BCUT2D eigenvalue weighted by molar-refractivity contribution is 9.11. The predicted molar refractivity (Wildman–Crippen MR) is 78.0 cm³/mol. The molecule has 102 valence electrons. The van der Waals surface area contributed by atoms with Crippen LogP contribution in [0, 0.1) is 5.92 Å². The smallest absolute Gasteiger partial charge is 0.308 e. The van der Waals surface area contributed by atoms with E-state index in [0.29, 0.717) is 13.0 Å². The Morgan fingerprint density at radius 2 is 2.26 bits per heavy atom. The molecule has 0 radical (unpaired) electrons. The summed E-state index contributed by atoms with van der Waals surface area (Å²) in [6.07, 6.45) is 3.80. The zero-order valence-corrected chi connectivity index (χ0v) is 12.8. The highest BCUT2D eigenvalue weighted by atomic mass is 79.9. The molecule has 0 saturated carbocycles. The summed E-state index contributed by atoms with van der Waals surface area (Å²) in [6.45, 7) is 2.30. The lowest BCUT2D eigenvalue weighted by atomic mass is 10.0.